The van der Waals surface area contributed by atoms with E-state index in [-0.39, 0.29) is 6.10 Å². The number of hydrogen-bond donors (Lipinski definition) is 1. The third-order valence-corrected chi connectivity index (χ3v) is 2.31. The Hall–Kier alpha value is -1.68. The fourth-order valence-corrected chi connectivity index (χ4v) is 1.56. The Labute approximate surface area is 108 Å². The van der Waals surface area contributed by atoms with Gasteiger partial charge in [-0.05, 0) is 19.9 Å². The van der Waals surface area contributed by atoms with Gasteiger partial charge in [0.2, 0.25) is 0 Å². The van der Waals surface area contributed by atoms with Gasteiger partial charge in [0.05, 0.1) is 20.3 Å². The van der Waals surface area contributed by atoms with Crippen LogP contribution < -0.4 is 19.9 Å². The molecule has 0 spiro atoms. The number of nitrogens with two attached hydrogens (primary N) is 1. The van der Waals surface area contributed by atoms with Gasteiger partial charge in [0.15, 0.2) is 11.5 Å². The first-order valence-electron chi connectivity index (χ1n) is 5.91. The molecule has 0 aliphatic rings. The van der Waals surface area contributed by atoms with E-state index >= 15 is 0 Å². The Morgan fingerprint density at radius 2 is 1.78 bits per heavy atom. The van der Waals surface area contributed by atoms with Crippen molar-refractivity contribution in [3.05, 3.63) is 23.8 Å². The van der Waals surface area contributed by atoms with Gasteiger partial charge in [-0.2, -0.15) is 0 Å². The van der Waals surface area contributed by atoms with Crippen LogP contribution in [0.25, 0.3) is 6.08 Å². The molecule has 0 unspecified atom stereocenters. The standard InChI is InChI=1S/C14H21NO3/c1-10(2)18-14-9-12(16-3)11(6-5-7-15)8-13(14)17-4/h5-6,8-10H,7,15H2,1-4H3/b6-5+. The fourth-order valence-electron chi connectivity index (χ4n) is 1.56. The van der Waals surface area contributed by atoms with Gasteiger partial charge in [0.25, 0.3) is 0 Å². The van der Waals surface area contributed by atoms with E-state index in [0.717, 1.165) is 11.3 Å². The topological polar surface area (TPSA) is 53.7 Å². The van der Waals surface area contributed by atoms with Crippen LogP contribution in [0.2, 0.25) is 0 Å². The van der Waals surface area contributed by atoms with Crippen molar-refractivity contribution in [2.75, 3.05) is 20.8 Å². The van der Waals surface area contributed by atoms with E-state index in [1.54, 1.807) is 14.2 Å². The Morgan fingerprint density at radius 3 is 2.28 bits per heavy atom. The third kappa shape index (κ3) is 3.67. The summed E-state index contributed by atoms with van der Waals surface area (Å²) in [5.41, 5.74) is 6.36. The molecule has 0 aliphatic carbocycles. The predicted molar refractivity (Wildman–Crippen MR) is 73.4 cm³/mol. The molecule has 4 nitrogen and oxygen atoms in total. The first-order valence-corrected chi connectivity index (χ1v) is 5.91. The van der Waals surface area contributed by atoms with Crippen LogP contribution in [-0.4, -0.2) is 26.9 Å². The Bertz CT molecular complexity index is 414. The van der Waals surface area contributed by atoms with Crippen molar-refractivity contribution in [1.29, 1.82) is 0 Å². The maximum absolute atomic E-state index is 5.68. The normalized spacial score (nSPS) is 11.0. The molecule has 0 aromatic heterocycles. The molecule has 1 aromatic carbocycles. The molecule has 0 amide bonds. The summed E-state index contributed by atoms with van der Waals surface area (Å²) >= 11 is 0. The van der Waals surface area contributed by atoms with E-state index in [4.69, 9.17) is 19.9 Å². The van der Waals surface area contributed by atoms with Gasteiger partial charge in [-0.1, -0.05) is 12.2 Å². The third-order valence-electron chi connectivity index (χ3n) is 2.31. The largest absolute Gasteiger partial charge is 0.496 e. The lowest BCUT2D eigenvalue weighted by Crippen LogP contribution is -2.07. The molecule has 0 saturated carbocycles. The minimum atomic E-state index is 0.0778. The van der Waals surface area contributed by atoms with Crippen LogP contribution in [0.3, 0.4) is 0 Å². The zero-order valence-electron chi connectivity index (χ0n) is 11.4. The summed E-state index contributed by atoms with van der Waals surface area (Å²) in [7, 11) is 3.24. The average Bonchev–Trinajstić information content (AvgIpc) is 2.35. The van der Waals surface area contributed by atoms with Crippen LogP contribution in [0, 0.1) is 0 Å². The Balaban J connectivity index is 3.18. The van der Waals surface area contributed by atoms with Gasteiger partial charge in [-0.3, -0.25) is 0 Å². The molecule has 4 heteroatoms. The molecule has 0 atom stereocenters. The highest BCUT2D eigenvalue weighted by Gasteiger charge is 2.11. The van der Waals surface area contributed by atoms with Crippen molar-refractivity contribution in [2.45, 2.75) is 20.0 Å². The summed E-state index contributed by atoms with van der Waals surface area (Å²) in [5.74, 6) is 2.09. The lowest BCUT2D eigenvalue weighted by Gasteiger charge is -2.16. The maximum atomic E-state index is 5.68. The molecule has 0 saturated heterocycles. The molecular weight excluding hydrogens is 230 g/mol. The van der Waals surface area contributed by atoms with Crippen molar-refractivity contribution < 1.29 is 14.2 Å². The summed E-state index contributed by atoms with van der Waals surface area (Å²) in [6.07, 6.45) is 3.84. The molecule has 2 N–H and O–H groups in total. The van der Waals surface area contributed by atoms with E-state index in [0.29, 0.717) is 18.0 Å². The van der Waals surface area contributed by atoms with Crippen molar-refractivity contribution in [3.63, 3.8) is 0 Å². The van der Waals surface area contributed by atoms with Crippen LogP contribution in [0.15, 0.2) is 18.2 Å². The van der Waals surface area contributed by atoms with E-state index < -0.39 is 0 Å². The molecule has 0 bridgehead atoms. The Morgan fingerprint density at radius 1 is 1.11 bits per heavy atom. The van der Waals surface area contributed by atoms with Crippen LogP contribution in [-0.2, 0) is 0 Å². The minimum Gasteiger partial charge on any atom is -0.496 e. The van der Waals surface area contributed by atoms with E-state index in [1.807, 2.05) is 38.1 Å². The van der Waals surface area contributed by atoms with Gasteiger partial charge in [0, 0.05) is 18.2 Å². The smallest absolute Gasteiger partial charge is 0.165 e. The molecule has 0 heterocycles. The van der Waals surface area contributed by atoms with Gasteiger partial charge < -0.3 is 19.9 Å². The van der Waals surface area contributed by atoms with E-state index in [1.165, 1.54) is 0 Å². The number of rotatable bonds is 6. The fraction of sp³-hybridized carbons (Fsp3) is 0.429. The molecule has 0 radical (unpaired) electrons. The zero-order valence-corrected chi connectivity index (χ0v) is 11.4. The van der Waals surface area contributed by atoms with E-state index in [2.05, 4.69) is 0 Å². The number of methoxy groups -OCH3 is 2. The maximum Gasteiger partial charge on any atom is 0.165 e. The van der Waals surface area contributed by atoms with Crippen LogP contribution in [0.4, 0.5) is 0 Å². The quantitative estimate of drug-likeness (QED) is 0.843. The molecule has 1 aromatic rings. The number of ether oxygens (including phenoxy) is 3. The highest BCUT2D eigenvalue weighted by atomic mass is 16.5. The van der Waals surface area contributed by atoms with Gasteiger partial charge in [-0.15, -0.1) is 0 Å². The van der Waals surface area contributed by atoms with Crippen LogP contribution in [0.5, 0.6) is 17.2 Å². The second kappa shape index (κ2) is 6.91. The average molecular weight is 251 g/mol. The second-order valence-electron chi connectivity index (χ2n) is 4.05. The van der Waals surface area contributed by atoms with Crippen molar-refractivity contribution >= 4 is 6.08 Å². The lowest BCUT2D eigenvalue weighted by molar-refractivity contribution is 0.229. The molecule has 0 fully saturated rings. The predicted octanol–water partition coefficient (Wildman–Crippen LogP) is 2.46. The van der Waals surface area contributed by atoms with Crippen LogP contribution >= 0.6 is 0 Å². The SMILES string of the molecule is COc1cc(OC(C)C)c(OC)cc1/C=C/CN. The minimum absolute atomic E-state index is 0.0778. The van der Waals surface area contributed by atoms with Gasteiger partial charge >= 0.3 is 0 Å². The monoisotopic (exact) mass is 251 g/mol. The number of hydrogen-bond acceptors (Lipinski definition) is 4. The van der Waals surface area contributed by atoms with E-state index in [9.17, 15) is 0 Å². The van der Waals surface area contributed by atoms with Crippen molar-refractivity contribution in [1.82, 2.24) is 0 Å². The summed E-state index contributed by atoms with van der Waals surface area (Å²) in [6, 6.07) is 3.71. The summed E-state index contributed by atoms with van der Waals surface area (Å²) in [6.45, 7) is 4.41. The Kier molecular flexibility index (Phi) is 5.52. The summed E-state index contributed by atoms with van der Waals surface area (Å²) in [5, 5.41) is 0. The first kappa shape index (κ1) is 14.4. The summed E-state index contributed by atoms with van der Waals surface area (Å²) < 4.78 is 16.3. The zero-order chi connectivity index (χ0) is 13.5. The van der Waals surface area contributed by atoms with Crippen molar-refractivity contribution in [2.24, 2.45) is 5.73 Å². The molecular formula is C14H21NO3. The van der Waals surface area contributed by atoms with Crippen LogP contribution in [0.1, 0.15) is 19.4 Å². The molecule has 18 heavy (non-hydrogen) atoms. The highest BCUT2D eigenvalue weighted by molar-refractivity contribution is 5.63. The first-order chi connectivity index (χ1) is 8.62. The van der Waals surface area contributed by atoms with Gasteiger partial charge in [-0.25, -0.2) is 0 Å². The lowest BCUT2D eigenvalue weighted by atomic mass is 10.1. The van der Waals surface area contributed by atoms with Crippen molar-refractivity contribution in [3.8, 4) is 17.2 Å². The molecule has 0 aliphatic heterocycles. The molecule has 100 valence electrons. The molecule has 1 rings (SSSR count). The summed E-state index contributed by atoms with van der Waals surface area (Å²) in [4.78, 5) is 0. The highest BCUT2D eigenvalue weighted by Crippen LogP contribution is 2.36. The number of benzene rings is 1. The second-order valence-corrected chi connectivity index (χ2v) is 4.05. The van der Waals surface area contributed by atoms with Gasteiger partial charge in [0.1, 0.15) is 5.75 Å².